The number of carbonyl (C=O) groups is 1. The first-order chi connectivity index (χ1) is 16.6. The topological polar surface area (TPSA) is 102 Å². The SMILES string of the molecule is O=C(Nc1cc(F)c(F)c(F)c1)c1cc(S(=O)(=O)N2CCCCC(O)(C3CC3)C2)cc2[nH]ccc12. The van der Waals surface area contributed by atoms with Crippen LogP contribution in [0.5, 0.6) is 0 Å². The van der Waals surface area contributed by atoms with Crippen molar-refractivity contribution in [2.45, 2.75) is 42.6 Å². The van der Waals surface area contributed by atoms with Gasteiger partial charge < -0.3 is 15.4 Å². The number of sulfonamides is 1. The number of H-pyrrole nitrogens is 1. The third-order valence-corrected chi connectivity index (χ3v) is 8.64. The standard InChI is InChI=1S/C24H24F3N3O4S/c25-19-9-15(10-20(26)22(19)27)29-23(31)18-11-16(12-21-17(18)5-7-28-21)35(33,34)30-8-2-1-6-24(32,13-30)14-3-4-14/h5,7,9-12,14,28,32H,1-4,6,8,13H2,(H,29,31). The minimum atomic E-state index is -4.08. The number of nitrogens with zero attached hydrogens (tertiary/aromatic N) is 1. The summed E-state index contributed by atoms with van der Waals surface area (Å²) in [7, 11) is -4.08. The summed E-state index contributed by atoms with van der Waals surface area (Å²) in [4.78, 5) is 15.8. The van der Waals surface area contributed by atoms with Crippen LogP contribution in [0.2, 0.25) is 0 Å². The summed E-state index contributed by atoms with van der Waals surface area (Å²) in [6.07, 6.45) is 5.13. The number of hydrogen-bond donors (Lipinski definition) is 3. The second-order valence-corrected chi connectivity index (χ2v) is 11.2. The molecule has 186 valence electrons. The number of benzene rings is 2. The van der Waals surface area contributed by atoms with E-state index in [-0.39, 0.29) is 35.2 Å². The van der Waals surface area contributed by atoms with Crippen molar-refractivity contribution in [3.8, 4) is 0 Å². The number of anilines is 1. The van der Waals surface area contributed by atoms with Crippen LogP contribution in [0, 0.1) is 23.4 Å². The number of nitrogens with one attached hydrogen (secondary N) is 2. The number of carbonyl (C=O) groups excluding carboxylic acids is 1. The lowest BCUT2D eigenvalue weighted by molar-refractivity contribution is 0.000737. The Balaban J connectivity index is 1.51. The fourth-order valence-corrected chi connectivity index (χ4v) is 6.39. The molecule has 1 atom stereocenters. The number of fused-ring (bicyclic) bond motifs is 1. The zero-order valence-electron chi connectivity index (χ0n) is 18.7. The van der Waals surface area contributed by atoms with Crippen molar-refractivity contribution in [2.24, 2.45) is 5.92 Å². The van der Waals surface area contributed by atoms with E-state index in [4.69, 9.17) is 0 Å². The molecular formula is C24H24F3N3O4S. The maximum absolute atomic E-state index is 13.6. The molecule has 0 spiro atoms. The van der Waals surface area contributed by atoms with E-state index in [9.17, 15) is 31.5 Å². The fourth-order valence-electron chi connectivity index (χ4n) is 4.79. The maximum atomic E-state index is 13.6. The van der Waals surface area contributed by atoms with Crippen LogP contribution in [-0.4, -0.2) is 47.4 Å². The van der Waals surface area contributed by atoms with Gasteiger partial charge in [-0.05, 0) is 56.2 Å². The number of aliphatic hydroxyl groups is 1. The zero-order valence-corrected chi connectivity index (χ0v) is 19.5. The van der Waals surface area contributed by atoms with Gasteiger partial charge in [-0.1, -0.05) is 0 Å². The molecule has 0 radical (unpaired) electrons. The van der Waals surface area contributed by atoms with Gasteiger partial charge in [0.1, 0.15) is 0 Å². The van der Waals surface area contributed by atoms with E-state index < -0.39 is 39.0 Å². The van der Waals surface area contributed by atoms with Gasteiger partial charge in [-0.3, -0.25) is 4.79 Å². The molecule has 1 saturated carbocycles. The predicted octanol–water partition coefficient (Wildman–Crippen LogP) is 4.15. The summed E-state index contributed by atoms with van der Waals surface area (Å²) in [6.45, 7) is 0.230. The minimum absolute atomic E-state index is 0.0155. The van der Waals surface area contributed by atoms with Gasteiger partial charge in [0, 0.05) is 48.0 Å². The molecule has 1 unspecified atom stereocenters. The monoisotopic (exact) mass is 507 g/mol. The van der Waals surface area contributed by atoms with E-state index in [2.05, 4.69) is 10.3 Å². The fraction of sp³-hybridized carbons (Fsp3) is 0.375. The molecule has 11 heteroatoms. The van der Waals surface area contributed by atoms with Crippen LogP contribution in [0.15, 0.2) is 41.4 Å². The van der Waals surface area contributed by atoms with Crippen LogP contribution in [0.1, 0.15) is 42.5 Å². The number of aromatic nitrogens is 1. The Morgan fingerprint density at radius 3 is 2.51 bits per heavy atom. The second-order valence-electron chi connectivity index (χ2n) is 9.29. The van der Waals surface area contributed by atoms with Crippen LogP contribution in [0.3, 0.4) is 0 Å². The van der Waals surface area contributed by atoms with Gasteiger partial charge >= 0.3 is 0 Å². The van der Waals surface area contributed by atoms with Crippen molar-refractivity contribution in [1.29, 1.82) is 0 Å². The second kappa shape index (κ2) is 8.65. The van der Waals surface area contributed by atoms with E-state index in [1.54, 1.807) is 6.07 Å². The van der Waals surface area contributed by atoms with Crippen LogP contribution in [-0.2, 0) is 10.0 Å². The third kappa shape index (κ3) is 4.43. The van der Waals surface area contributed by atoms with Crippen LogP contribution in [0.4, 0.5) is 18.9 Å². The molecule has 7 nitrogen and oxygen atoms in total. The average Bonchev–Trinajstić information content (AvgIpc) is 3.59. The lowest BCUT2D eigenvalue weighted by Gasteiger charge is -2.31. The highest BCUT2D eigenvalue weighted by Gasteiger charge is 2.47. The molecular weight excluding hydrogens is 483 g/mol. The molecule has 3 N–H and O–H groups in total. The quantitative estimate of drug-likeness (QED) is 0.452. The lowest BCUT2D eigenvalue weighted by Crippen LogP contribution is -2.45. The Kier molecular flexibility index (Phi) is 5.89. The molecule has 2 heterocycles. The van der Waals surface area contributed by atoms with Crippen molar-refractivity contribution in [2.75, 3.05) is 18.4 Å². The summed E-state index contributed by atoms with van der Waals surface area (Å²) in [6, 6.07) is 5.48. The molecule has 2 aromatic carbocycles. The molecule has 0 bridgehead atoms. The molecule has 1 aliphatic heterocycles. The summed E-state index contributed by atoms with van der Waals surface area (Å²) in [5, 5.41) is 13.8. The number of hydrogen-bond acceptors (Lipinski definition) is 4. The van der Waals surface area contributed by atoms with E-state index in [0.29, 0.717) is 42.3 Å². The Hall–Kier alpha value is -2.89. The third-order valence-electron chi connectivity index (χ3n) is 6.82. The van der Waals surface area contributed by atoms with Crippen LogP contribution in [0.25, 0.3) is 10.9 Å². The summed E-state index contributed by atoms with van der Waals surface area (Å²) >= 11 is 0. The Morgan fingerprint density at radius 2 is 1.83 bits per heavy atom. The normalized spacial score (nSPS) is 21.7. The van der Waals surface area contributed by atoms with E-state index in [1.165, 1.54) is 22.6 Å². The molecule has 5 rings (SSSR count). The van der Waals surface area contributed by atoms with Gasteiger partial charge in [-0.2, -0.15) is 4.31 Å². The number of β-amino-alcohol motifs (C(OH)–C–C–N with tert-alkyl or cyclic N) is 1. The first-order valence-corrected chi connectivity index (χ1v) is 12.8. The highest BCUT2D eigenvalue weighted by Crippen LogP contribution is 2.44. The van der Waals surface area contributed by atoms with Gasteiger partial charge in [0.2, 0.25) is 10.0 Å². The molecule has 2 aliphatic rings. The summed E-state index contributed by atoms with van der Waals surface area (Å²) in [5.74, 6) is -5.32. The van der Waals surface area contributed by atoms with E-state index in [0.717, 1.165) is 12.8 Å². The number of halogens is 3. The van der Waals surface area contributed by atoms with Crippen LogP contribution < -0.4 is 5.32 Å². The minimum Gasteiger partial charge on any atom is -0.388 e. The van der Waals surface area contributed by atoms with Gasteiger partial charge in [0.15, 0.2) is 17.5 Å². The van der Waals surface area contributed by atoms with Crippen molar-refractivity contribution < 1.29 is 31.5 Å². The van der Waals surface area contributed by atoms with Crippen molar-refractivity contribution >= 4 is 32.5 Å². The predicted molar refractivity (Wildman–Crippen MR) is 123 cm³/mol. The average molecular weight is 508 g/mol. The zero-order chi connectivity index (χ0) is 25.0. The lowest BCUT2D eigenvalue weighted by atomic mass is 9.92. The summed E-state index contributed by atoms with van der Waals surface area (Å²) < 4.78 is 69.0. The molecule has 2 fully saturated rings. The number of amides is 1. The maximum Gasteiger partial charge on any atom is 0.256 e. The van der Waals surface area contributed by atoms with Crippen molar-refractivity contribution in [3.05, 3.63) is 59.5 Å². The molecule has 1 saturated heterocycles. The highest BCUT2D eigenvalue weighted by molar-refractivity contribution is 7.89. The van der Waals surface area contributed by atoms with Crippen molar-refractivity contribution in [1.82, 2.24) is 9.29 Å². The largest absolute Gasteiger partial charge is 0.388 e. The number of rotatable bonds is 5. The van der Waals surface area contributed by atoms with Gasteiger partial charge in [0.25, 0.3) is 5.91 Å². The Morgan fingerprint density at radius 1 is 1.11 bits per heavy atom. The van der Waals surface area contributed by atoms with Gasteiger partial charge in [-0.15, -0.1) is 0 Å². The van der Waals surface area contributed by atoms with Gasteiger partial charge in [0.05, 0.1) is 16.1 Å². The van der Waals surface area contributed by atoms with Gasteiger partial charge in [-0.25, -0.2) is 21.6 Å². The molecule has 1 amide bonds. The molecule has 1 aliphatic carbocycles. The first-order valence-electron chi connectivity index (χ1n) is 11.4. The van der Waals surface area contributed by atoms with Crippen molar-refractivity contribution in [3.63, 3.8) is 0 Å². The molecule has 1 aromatic heterocycles. The summed E-state index contributed by atoms with van der Waals surface area (Å²) in [5.41, 5.74) is -1.05. The van der Waals surface area contributed by atoms with Crippen LogP contribution >= 0.6 is 0 Å². The first kappa shape index (κ1) is 23.8. The smallest absolute Gasteiger partial charge is 0.256 e. The highest BCUT2D eigenvalue weighted by atomic mass is 32.2. The van der Waals surface area contributed by atoms with E-state index >= 15 is 0 Å². The number of aromatic amines is 1. The Labute approximate surface area is 200 Å². The van der Waals surface area contributed by atoms with E-state index in [1.807, 2.05) is 0 Å². The molecule has 3 aromatic rings. The molecule has 35 heavy (non-hydrogen) atoms. The Bertz CT molecular complexity index is 1400.